The van der Waals surface area contributed by atoms with Crippen molar-refractivity contribution in [3.05, 3.63) is 76.6 Å². The largest absolute Gasteiger partial charge is 0.493 e. The minimum atomic E-state index is -0.658. The zero-order chi connectivity index (χ0) is 21.7. The second-order valence-corrected chi connectivity index (χ2v) is 7.10. The Kier molecular flexibility index (Phi) is 6.95. The first-order valence-electron chi connectivity index (χ1n) is 9.48. The van der Waals surface area contributed by atoms with Crippen molar-refractivity contribution in [3.63, 3.8) is 0 Å². The van der Waals surface area contributed by atoms with E-state index in [-0.39, 0.29) is 10.6 Å². The molecule has 0 radical (unpaired) electrons. The number of aryl methyl sites for hydroxylation is 1. The van der Waals surface area contributed by atoms with Crippen molar-refractivity contribution in [3.8, 4) is 11.5 Å². The van der Waals surface area contributed by atoms with Crippen LogP contribution in [0.2, 0.25) is 5.02 Å². The molecule has 1 atom stereocenters. The van der Waals surface area contributed by atoms with Crippen LogP contribution in [0.3, 0.4) is 0 Å². The minimum Gasteiger partial charge on any atom is -0.493 e. The maximum Gasteiger partial charge on any atom is 0.252 e. The van der Waals surface area contributed by atoms with E-state index >= 15 is 0 Å². The lowest BCUT2D eigenvalue weighted by Crippen LogP contribution is -2.31. The number of hydrogen-bond donors (Lipinski definition) is 1. The maximum absolute atomic E-state index is 13.8. The number of rotatable bonds is 8. The highest BCUT2D eigenvalue weighted by Crippen LogP contribution is 2.36. The third-order valence-corrected chi connectivity index (χ3v) is 4.80. The van der Waals surface area contributed by atoms with Gasteiger partial charge in [-0.25, -0.2) is 9.37 Å². The average molecular weight is 432 g/mol. The summed E-state index contributed by atoms with van der Waals surface area (Å²) < 4.78 is 26.6. The molecule has 8 heteroatoms. The summed E-state index contributed by atoms with van der Waals surface area (Å²) in [7, 11) is 3.29. The fraction of sp³-hybridized carbons (Fsp3) is 0.273. The van der Waals surface area contributed by atoms with E-state index in [1.165, 1.54) is 25.3 Å². The number of carbonyl (C=O) groups is 1. The van der Waals surface area contributed by atoms with E-state index in [2.05, 4.69) is 10.3 Å². The molecule has 1 heterocycles. The Hall–Kier alpha value is -3.06. The number of amides is 1. The third-order valence-electron chi connectivity index (χ3n) is 4.52. The van der Waals surface area contributed by atoms with Gasteiger partial charge in [0.25, 0.3) is 5.91 Å². The van der Waals surface area contributed by atoms with Crippen LogP contribution < -0.4 is 14.8 Å². The summed E-state index contributed by atoms with van der Waals surface area (Å²) in [6.07, 6.45) is 4.18. The van der Waals surface area contributed by atoms with Crippen LogP contribution in [0.4, 0.5) is 4.39 Å². The zero-order valence-electron chi connectivity index (χ0n) is 17.0. The van der Waals surface area contributed by atoms with Gasteiger partial charge in [-0.05, 0) is 36.2 Å². The van der Waals surface area contributed by atoms with E-state index in [1.807, 2.05) is 6.92 Å². The second kappa shape index (κ2) is 9.63. The fourth-order valence-corrected chi connectivity index (χ4v) is 3.31. The Morgan fingerprint density at radius 1 is 1.33 bits per heavy atom. The predicted molar refractivity (Wildman–Crippen MR) is 113 cm³/mol. The zero-order valence-corrected chi connectivity index (χ0v) is 17.7. The van der Waals surface area contributed by atoms with Gasteiger partial charge in [-0.1, -0.05) is 30.7 Å². The summed E-state index contributed by atoms with van der Waals surface area (Å²) in [5.41, 5.74) is 0.856. The Morgan fingerprint density at radius 3 is 2.77 bits per heavy atom. The molecule has 1 aromatic heterocycles. The molecule has 0 saturated carbocycles. The van der Waals surface area contributed by atoms with E-state index in [1.54, 1.807) is 42.2 Å². The Balaban J connectivity index is 1.95. The van der Waals surface area contributed by atoms with Crippen LogP contribution in [0.5, 0.6) is 11.5 Å². The lowest BCUT2D eigenvalue weighted by molar-refractivity contribution is 0.0940. The highest BCUT2D eigenvalue weighted by molar-refractivity contribution is 6.32. The summed E-state index contributed by atoms with van der Waals surface area (Å²) in [6.45, 7) is 2.45. The first-order chi connectivity index (χ1) is 14.4. The number of nitrogens with one attached hydrogen (secondary N) is 1. The van der Waals surface area contributed by atoms with Gasteiger partial charge in [0.2, 0.25) is 0 Å². The molecule has 0 aliphatic carbocycles. The first kappa shape index (κ1) is 21.6. The van der Waals surface area contributed by atoms with Crippen molar-refractivity contribution < 1.29 is 18.7 Å². The van der Waals surface area contributed by atoms with Gasteiger partial charge >= 0.3 is 0 Å². The molecule has 0 saturated heterocycles. The standard InChI is InChI=1S/C22H23ClFN3O3/c1-4-10-30-20-17(23)12-15(13-18(20)29-3)22(28)26-19(21-25-8-9-27(21)2)14-6-5-7-16(24)11-14/h5-9,11-13,19H,4,10H2,1-3H3,(H,26,28). The van der Waals surface area contributed by atoms with E-state index in [0.717, 1.165) is 6.42 Å². The SMILES string of the molecule is CCCOc1c(Cl)cc(C(=O)NC(c2cccc(F)c2)c2nccn2C)cc1OC. The van der Waals surface area contributed by atoms with Crippen LogP contribution in [0.1, 0.15) is 41.1 Å². The number of halogens is 2. The second-order valence-electron chi connectivity index (χ2n) is 6.70. The Labute approximate surface area is 179 Å². The van der Waals surface area contributed by atoms with Gasteiger partial charge in [-0.2, -0.15) is 0 Å². The molecule has 1 N–H and O–H groups in total. The van der Waals surface area contributed by atoms with E-state index < -0.39 is 17.8 Å². The lowest BCUT2D eigenvalue weighted by atomic mass is 10.0. The molecule has 2 aromatic carbocycles. The minimum absolute atomic E-state index is 0.271. The Bertz CT molecular complexity index is 1040. The van der Waals surface area contributed by atoms with Crippen molar-refractivity contribution in [2.45, 2.75) is 19.4 Å². The molecule has 158 valence electrons. The lowest BCUT2D eigenvalue weighted by Gasteiger charge is -2.20. The number of aromatic nitrogens is 2. The highest BCUT2D eigenvalue weighted by atomic mass is 35.5. The quantitative estimate of drug-likeness (QED) is 0.569. The number of nitrogens with zero attached hydrogens (tertiary/aromatic N) is 2. The smallest absolute Gasteiger partial charge is 0.252 e. The number of benzene rings is 2. The topological polar surface area (TPSA) is 65.4 Å². The monoisotopic (exact) mass is 431 g/mol. The summed E-state index contributed by atoms with van der Waals surface area (Å²) in [5.74, 6) is 0.510. The van der Waals surface area contributed by atoms with Crippen molar-refractivity contribution in [2.75, 3.05) is 13.7 Å². The molecule has 3 rings (SSSR count). The van der Waals surface area contributed by atoms with E-state index in [9.17, 15) is 9.18 Å². The van der Waals surface area contributed by atoms with Crippen LogP contribution in [0, 0.1) is 5.82 Å². The highest BCUT2D eigenvalue weighted by Gasteiger charge is 2.23. The molecular formula is C22H23ClFN3O3. The first-order valence-corrected chi connectivity index (χ1v) is 9.86. The predicted octanol–water partition coefficient (Wildman–Crippen LogP) is 4.53. The van der Waals surface area contributed by atoms with Gasteiger partial charge in [-0.3, -0.25) is 4.79 Å². The molecule has 3 aromatic rings. The van der Waals surface area contributed by atoms with Gasteiger partial charge in [0, 0.05) is 25.0 Å². The normalized spacial score (nSPS) is 11.8. The van der Waals surface area contributed by atoms with Crippen molar-refractivity contribution >= 4 is 17.5 Å². The summed E-state index contributed by atoms with van der Waals surface area (Å²) >= 11 is 6.34. The van der Waals surface area contributed by atoms with E-state index in [4.69, 9.17) is 21.1 Å². The van der Waals surface area contributed by atoms with Gasteiger partial charge in [0.1, 0.15) is 17.7 Å². The van der Waals surface area contributed by atoms with E-state index in [0.29, 0.717) is 29.5 Å². The fourth-order valence-electron chi connectivity index (χ4n) is 3.05. The van der Waals surface area contributed by atoms with Gasteiger partial charge in [-0.15, -0.1) is 0 Å². The summed E-state index contributed by atoms with van der Waals surface area (Å²) in [4.78, 5) is 17.4. The summed E-state index contributed by atoms with van der Waals surface area (Å²) in [5, 5.41) is 3.19. The maximum atomic E-state index is 13.8. The molecule has 0 fully saturated rings. The van der Waals surface area contributed by atoms with Crippen molar-refractivity contribution in [2.24, 2.45) is 7.05 Å². The number of ether oxygens (including phenoxy) is 2. The molecule has 6 nitrogen and oxygen atoms in total. The van der Waals surface area contributed by atoms with Crippen LogP contribution in [0.15, 0.2) is 48.8 Å². The molecule has 0 aliphatic rings. The molecular weight excluding hydrogens is 409 g/mol. The molecule has 30 heavy (non-hydrogen) atoms. The van der Waals surface area contributed by atoms with Gasteiger partial charge < -0.3 is 19.4 Å². The van der Waals surface area contributed by atoms with Crippen LogP contribution in [0.25, 0.3) is 0 Å². The molecule has 0 aliphatic heterocycles. The van der Waals surface area contributed by atoms with Gasteiger partial charge in [0.05, 0.1) is 18.7 Å². The molecule has 0 spiro atoms. The molecule has 1 unspecified atom stereocenters. The molecule has 0 bridgehead atoms. The van der Waals surface area contributed by atoms with Crippen LogP contribution in [-0.2, 0) is 7.05 Å². The average Bonchev–Trinajstić information content (AvgIpc) is 3.15. The Morgan fingerprint density at radius 2 is 2.13 bits per heavy atom. The molecule has 1 amide bonds. The number of carbonyl (C=O) groups excluding carboxylic acids is 1. The number of imidazole rings is 1. The number of methoxy groups -OCH3 is 1. The van der Waals surface area contributed by atoms with Gasteiger partial charge in [0.15, 0.2) is 11.5 Å². The van der Waals surface area contributed by atoms with Crippen LogP contribution >= 0.6 is 11.6 Å². The van der Waals surface area contributed by atoms with Crippen molar-refractivity contribution in [1.29, 1.82) is 0 Å². The van der Waals surface area contributed by atoms with Crippen molar-refractivity contribution in [1.82, 2.24) is 14.9 Å². The third kappa shape index (κ3) is 4.74. The summed E-state index contributed by atoms with van der Waals surface area (Å²) in [6, 6.07) is 8.47. The van der Waals surface area contributed by atoms with Crippen LogP contribution in [-0.4, -0.2) is 29.2 Å². The number of hydrogen-bond acceptors (Lipinski definition) is 4.